The SMILES string of the molecule is O=C(CN1CCCCC1C1OCCO1)NCC1(c2ccccc2)CC1. The molecule has 5 nitrogen and oxygen atoms in total. The van der Waals surface area contributed by atoms with Gasteiger partial charge in [0.2, 0.25) is 5.91 Å². The predicted molar refractivity (Wildman–Crippen MR) is 95.3 cm³/mol. The van der Waals surface area contributed by atoms with E-state index in [9.17, 15) is 4.79 Å². The highest BCUT2D eigenvalue weighted by molar-refractivity contribution is 5.78. The number of carbonyl (C=O) groups is 1. The summed E-state index contributed by atoms with van der Waals surface area (Å²) in [6, 6.07) is 10.8. The van der Waals surface area contributed by atoms with Crippen molar-refractivity contribution < 1.29 is 14.3 Å². The summed E-state index contributed by atoms with van der Waals surface area (Å²) in [5.41, 5.74) is 1.51. The fourth-order valence-electron chi connectivity index (χ4n) is 4.14. The Morgan fingerprint density at radius 3 is 2.64 bits per heavy atom. The van der Waals surface area contributed by atoms with Gasteiger partial charge in [0, 0.05) is 12.0 Å². The lowest BCUT2D eigenvalue weighted by atomic mass is 9.96. The van der Waals surface area contributed by atoms with Gasteiger partial charge in [-0.25, -0.2) is 0 Å². The van der Waals surface area contributed by atoms with Gasteiger partial charge in [-0.2, -0.15) is 0 Å². The molecule has 1 aromatic carbocycles. The molecule has 0 radical (unpaired) electrons. The Hall–Kier alpha value is -1.43. The molecule has 3 fully saturated rings. The summed E-state index contributed by atoms with van der Waals surface area (Å²) in [5.74, 6) is 0.118. The fourth-order valence-corrected chi connectivity index (χ4v) is 4.14. The zero-order valence-corrected chi connectivity index (χ0v) is 14.8. The molecule has 136 valence electrons. The number of likely N-dealkylation sites (tertiary alicyclic amines) is 1. The van der Waals surface area contributed by atoms with Crippen LogP contribution in [0.5, 0.6) is 0 Å². The van der Waals surface area contributed by atoms with E-state index in [1.807, 2.05) is 6.07 Å². The van der Waals surface area contributed by atoms with Crippen LogP contribution in [-0.2, 0) is 19.7 Å². The molecule has 1 atom stereocenters. The molecule has 0 spiro atoms. The Morgan fingerprint density at radius 1 is 1.16 bits per heavy atom. The van der Waals surface area contributed by atoms with Crippen LogP contribution in [0.15, 0.2) is 30.3 Å². The number of hydrogen-bond acceptors (Lipinski definition) is 4. The minimum atomic E-state index is -0.160. The Balaban J connectivity index is 1.31. The maximum atomic E-state index is 12.5. The molecule has 5 heteroatoms. The Labute approximate surface area is 149 Å². The summed E-state index contributed by atoms with van der Waals surface area (Å²) in [5, 5.41) is 3.18. The summed E-state index contributed by atoms with van der Waals surface area (Å²) in [6.45, 7) is 3.47. The highest BCUT2D eigenvalue weighted by Gasteiger charge is 2.44. The highest BCUT2D eigenvalue weighted by Crippen LogP contribution is 2.47. The first-order chi connectivity index (χ1) is 12.3. The third-order valence-electron chi connectivity index (χ3n) is 5.84. The first-order valence-corrected chi connectivity index (χ1v) is 9.56. The van der Waals surface area contributed by atoms with Crippen LogP contribution in [0.2, 0.25) is 0 Å². The molecule has 25 heavy (non-hydrogen) atoms. The van der Waals surface area contributed by atoms with E-state index in [1.54, 1.807) is 0 Å². The molecule has 4 rings (SSSR count). The van der Waals surface area contributed by atoms with E-state index in [1.165, 1.54) is 12.0 Å². The van der Waals surface area contributed by atoms with Gasteiger partial charge in [-0.05, 0) is 37.8 Å². The lowest BCUT2D eigenvalue weighted by Crippen LogP contribution is -2.51. The lowest BCUT2D eigenvalue weighted by Gasteiger charge is -2.37. The van der Waals surface area contributed by atoms with Gasteiger partial charge in [0.25, 0.3) is 0 Å². The van der Waals surface area contributed by atoms with Crippen LogP contribution in [0.4, 0.5) is 0 Å². The van der Waals surface area contributed by atoms with E-state index < -0.39 is 0 Å². The molecule has 1 aliphatic carbocycles. The molecule has 2 saturated heterocycles. The Kier molecular flexibility index (Phi) is 5.06. The van der Waals surface area contributed by atoms with Gasteiger partial charge in [0.15, 0.2) is 6.29 Å². The zero-order valence-electron chi connectivity index (χ0n) is 14.8. The van der Waals surface area contributed by atoms with E-state index in [-0.39, 0.29) is 23.7 Å². The maximum Gasteiger partial charge on any atom is 0.234 e. The summed E-state index contributed by atoms with van der Waals surface area (Å²) in [4.78, 5) is 14.8. The van der Waals surface area contributed by atoms with Gasteiger partial charge in [-0.15, -0.1) is 0 Å². The Bertz CT molecular complexity index is 582. The molecular formula is C20H28N2O3. The molecule has 1 saturated carbocycles. The smallest absolute Gasteiger partial charge is 0.234 e. The predicted octanol–water partition coefficient (Wildman–Crippen LogP) is 2.06. The average Bonchev–Trinajstić information content (AvgIpc) is 3.26. The van der Waals surface area contributed by atoms with Gasteiger partial charge in [0.1, 0.15) is 0 Å². The summed E-state index contributed by atoms with van der Waals surface area (Å²) in [7, 11) is 0. The first-order valence-electron chi connectivity index (χ1n) is 9.56. The van der Waals surface area contributed by atoms with E-state index in [2.05, 4.69) is 34.5 Å². The van der Waals surface area contributed by atoms with Crippen LogP contribution in [0, 0.1) is 0 Å². The third kappa shape index (κ3) is 3.89. The third-order valence-corrected chi connectivity index (χ3v) is 5.84. The van der Waals surface area contributed by atoms with Crippen LogP contribution >= 0.6 is 0 Å². The second kappa shape index (κ2) is 7.44. The van der Waals surface area contributed by atoms with Crippen molar-refractivity contribution in [3.05, 3.63) is 35.9 Å². The highest BCUT2D eigenvalue weighted by atomic mass is 16.7. The average molecular weight is 344 g/mol. The van der Waals surface area contributed by atoms with Crippen LogP contribution in [-0.4, -0.2) is 56.0 Å². The zero-order chi connectivity index (χ0) is 17.1. The second-order valence-corrected chi connectivity index (χ2v) is 7.57. The molecule has 0 aromatic heterocycles. The molecular weight excluding hydrogens is 316 g/mol. The molecule has 3 aliphatic rings. The van der Waals surface area contributed by atoms with E-state index in [0.717, 1.165) is 38.8 Å². The van der Waals surface area contributed by atoms with Crippen LogP contribution < -0.4 is 5.32 Å². The molecule has 0 bridgehead atoms. The molecule has 1 N–H and O–H groups in total. The van der Waals surface area contributed by atoms with E-state index in [4.69, 9.17) is 9.47 Å². The van der Waals surface area contributed by atoms with Crippen molar-refractivity contribution >= 4 is 5.91 Å². The molecule has 1 unspecified atom stereocenters. The topological polar surface area (TPSA) is 50.8 Å². The van der Waals surface area contributed by atoms with E-state index >= 15 is 0 Å². The van der Waals surface area contributed by atoms with Crippen LogP contribution in [0.3, 0.4) is 0 Å². The fraction of sp³-hybridized carbons (Fsp3) is 0.650. The number of benzene rings is 1. The van der Waals surface area contributed by atoms with Crippen molar-refractivity contribution in [2.75, 3.05) is 32.8 Å². The van der Waals surface area contributed by atoms with Crippen molar-refractivity contribution in [3.63, 3.8) is 0 Å². The number of nitrogens with one attached hydrogen (secondary N) is 1. The van der Waals surface area contributed by atoms with Crippen molar-refractivity contribution in [3.8, 4) is 0 Å². The molecule has 1 aromatic rings. The van der Waals surface area contributed by atoms with Gasteiger partial charge in [-0.1, -0.05) is 36.8 Å². The minimum Gasteiger partial charge on any atom is -0.354 e. The normalized spacial score (nSPS) is 26.5. The Morgan fingerprint density at radius 2 is 1.92 bits per heavy atom. The van der Waals surface area contributed by atoms with Crippen molar-refractivity contribution in [1.82, 2.24) is 10.2 Å². The number of nitrogens with zero attached hydrogens (tertiary/aromatic N) is 1. The number of hydrogen-bond donors (Lipinski definition) is 1. The van der Waals surface area contributed by atoms with E-state index in [0.29, 0.717) is 19.8 Å². The molecule has 2 heterocycles. The standard InChI is InChI=1S/C20H28N2O3/c23-18(21-15-20(9-10-20)16-6-2-1-3-7-16)14-22-11-5-4-8-17(22)19-24-12-13-25-19/h1-3,6-7,17,19H,4-5,8-15H2,(H,21,23). The summed E-state index contributed by atoms with van der Waals surface area (Å²) >= 11 is 0. The second-order valence-electron chi connectivity index (χ2n) is 7.57. The van der Waals surface area contributed by atoms with Crippen LogP contribution in [0.1, 0.15) is 37.7 Å². The summed E-state index contributed by atoms with van der Waals surface area (Å²) < 4.78 is 11.4. The van der Waals surface area contributed by atoms with Gasteiger partial charge in [-0.3, -0.25) is 9.69 Å². The maximum absolute atomic E-state index is 12.5. The number of ether oxygens (including phenoxy) is 2. The van der Waals surface area contributed by atoms with Crippen molar-refractivity contribution in [1.29, 1.82) is 0 Å². The number of rotatable bonds is 6. The van der Waals surface area contributed by atoms with Gasteiger partial charge in [0.05, 0.1) is 25.8 Å². The number of amides is 1. The van der Waals surface area contributed by atoms with Crippen LogP contribution in [0.25, 0.3) is 0 Å². The van der Waals surface area contributed by atoms with Gasteiger partial charge < -0.3 is 14.8 Å². The lowest BCUT2D eigenvalue weighted by molar-refractivity contribution is -0.131. The van der Waals surface area contributed by atoms with Crippen molar-refractivity contribution in [2.45, 2.75) is 49.9 Å². The van der Waals surface area contributed by atoms with Crippen molar-refractivity contribution in [2.24, 2.45) is 0 Å². The quantitative estimate of drug-likeness (QED) is 0.858. The molecule has 1 amide bonds. The minimum absolute atomic E-state index is 0.118. The molecule has 2 aliphatic heterocycles. The number of piperidine rings is 1. The summed E-state index contributed by atoms with van der Waals surface area (Å²) in [6.07, 6.45) is 5.53. The monoisotopic (exact) mass is 344 g/mol. The van der Waals surface area contributed by atoms with Gasteiger partial charge >= 0.3 is 0 Å². The number of carbonyl (C=O) groups excluding carboxylic acids is 1. The largest absolute Gasteiger partial charge is 0.354 e. The first kappa shape index (κ1) is 17.0.